The number of aromatic nitrogens is 3. The Hall–Kier alpha value is -3.48. The van der Waals surface area contributed by atoms with E-state index >= 15 is 0 Å². The van der Waals surface area contributed by atoms with Gasteiger partial charge in [-0.2, -0.15) is 5.10 Å². The zero-order chi connectivity index (χ0) is 23.0. The van der Waals surface area contributed by atoms with Crippen LogP contribution in [-0.2, 0) is 18.3 Å². The Bertz CT molecular complexity index is 1170. The van der Waals surface area contributed by atoms with E-state index in [-0.39, 0.29) is 11.8 Å². The number of aryl methyl sites for hydroxylation is 1. The molecule has 4 rings (SSSR count). The van der Waals surface area contributed by atoms with Crippen LogP contribution >= 0.6 is 11.6 Å². The molecule has 2 N–H and O–H groups in total. The number of carbonyl (C=O) groups is 1. The maximum Gasteiger partial charge on any atom is 0.234 e. The van der Waals surface area contributed by atoms with Gasteiger partial charge in [-0.15, -0.1) is 0 Å². The Morgan fingerprint density at radius 1 is 1.00 bits per heavy atom. The molecule has 1 unspecified atom stereocenters. The summed E-state index contributed by atoms with van der Waals surface area (Å²) >= 11 is 5.96. The molecule has 7 heteroatoms. The zero-order valence-corrected chi connectivity index (χ0v) is 19.2. The number of amides is 1. The molecule has 0 bridgehead atoms. The van der Waals surface area contributed by atoms with Gasteiger partial charge in [0, 0.05) is 42.1 Å². The highest BCUT2D eigenvalue weighted by atomic mass is 35.5. The lowest BCUT2D eigenvalue weighted by atomic mass is 9.98. The maximum atomic E-state index is 13.2. The second kappa shape index (κ2) is 10.9. The summed E-state index contributed by atoms with van der Waals surface area (Å²) in [6.07, 6.45) is 6.32. The van der Waals surface area contributed by atoms with Crippen LogP contribution in [0.1, 0.15) is 17.0 Å². The molecule has 168 valence electrons. The number of hydrogen-bond donors (Lipinski definition) is 2. The second-order valence-electron chi connectivity index (χ2n) is 7.87. The molecular formula is C26H26ClN5O. The van der Waals surface area contributed by atoms with E-state index in [4.69, 9.17) is 11.6 Å². The second-order valence-corrected chi connectivity index (χ2v) is 8.30. The third-order valence-corrected chi connectivity index (χ3v) is 5.68. The normalized spacial score (nSPS) is 11.8. The molecule has 2 heterocycles. The number of benzene rings is 2. The van der Waals surface area contributed by atoms with Gasteiger partial charge in [0.1, 0.15) is 5.82 Å². The minimum Gasteiger partial charge on any atom is -0.315 e. The summed E-state index contributed by atoms with van der Waals surface area (Å²) in [5.41, 5.74) is 4.09. The first-order valence-electron chi connectivity index (χ1n) is 10.8. The number of rotatable bonds is 9. The molecule has 1 atom stereocenters. The fraction of sp³-hybridized carbons (Fsp3) is 0.192. The first kappa shape index (κ1) is 22.7. The summed E-state index contributed by atoms with van der Waals surface area (Å²) < 4.78 is 1.75. The van der Waals surface area contributed by atoms with Gasteiger partial charge in [-0.05, 0) is 48.4 Å². The van der Waals surface area contributed by atoms with Crippen molar-refractivity contribution in [1.29, 1.82) is 0 Å². The van der Waals surface area contributed by atoms with Crippen molar-refractivity contribution in [2.75, 3.05) is 18.4 Å². The van der Waals surface area contributed by atoms with E-state index in [1.54, 1.807) is 17.1 Å². The van der Waals surface area contributed by atoms with E-state index in [1.165, 1.54) is 5.56 Å². The van der Waals surface area contributed by atoms with Gasteiger partial charge in [0.15, 0.2) is 0 Å². The van der Waals surface area contributed by atoms with Gasteiger partial charge >= 0.3 is 0 Å². The van der Waals surface area contributed by atoms with E-state index in [0.29, 0.717) is 12.4 Å². The van der Waals surface area contributed by atoms with Gasteiger partial charge in [-0.3, -0.25) is 9.48 Å². The van der Waals surface area contributed by atoms with Crippen LogP contribution in [0.5, 0.6) is 0 Å². The van der Waals surface area contributed by atoms with E-state index in [0.717, 1.165) is 34.7 Å². The monoisotopic (exact) mass is 459 g/mol. The molecule has 2 aromatic heterocycles. The largest absolute Gasteiger partial charge is 0.315 e. The Morgan fingerprint density at radius 2 is 1.79 bits per heavy atom. The van der Waals surface area contributed by atoms with Crippen LogP contribution in [0.25, 0.3) is 11.1 Å². The molecule has 2 aromatic carbocycles. The summed E-state index contributed by atoms with van der Waals surface area (Å²) in [6.45, 7) is 1.29. The highest BCUT2D eigenvalue weighted by Crippen LogP contribution is 2.21. The maximum absolute atomic E-state index is 13.2. The van der Waals surface area contributed by atoms with Crippen molar-refractivity contribution in [2.24, 2.45) is 7.05 Å². The molecule has 1 amide bonds. The lowest BCUT2D eigenvalue weighted by Crippen LogP contribution is -2.32. The number of halogens is 1. The summed E-state index contributed by atoms with van der Waals surface area (Å²) in [5, 5.41) is 11.3. The van der Waals surface area contributed by atoms with Crippen LogP contribution in [0.2, 0.25) is 5.02 Å². The van der Waals surface area contributed by atoms with Crippen molar-refractivity contribution in [3.63, 3.8) is 0 Å². The number of carbonyl (C=O) groups excluding carboxylic acids is 1. The lowest BCUT2D eigenvalue weighted by Gasteiger charge is -2.18. The average Bonchev–Trinajstić information content (AvgIpc) is 3.27. The first-order valence-corrected chi connectivity index (χ1v) is 11.2. The SMILES string of the molecule is Cn1cc(-c2ccc(NC(=O)C(CNCCc3ccc(Cl)cc3)c3ccccc3)nc2)cn1. The molecule has 33 heavy (non-hydrogen) atoms. The predicted octanol–water partition coefficient (Wildman–Crippen LogP) is 4.69. The molecule has 0 aliphatic rings. The van der Waals surface area contributed by atoms with Gasteiger partial charge in [-0.1, -0.05) is 54.1 Å². The van der Waals surface area contributed by atoms with Crippen molar-refractivity contribution in [3.8, 4) is 11.1 Å². The Balaban J connectivity index is 1.38. The van der Waals surface area contributed by atoms with Crippen molar-refractivity contribution < 1.29 is 4.79 Å². The fourth-order valence-electron chi connectivity index (χ4n) is 3.60. The van der Waals surface area contributed by atoms with Gasteiger partial charge in [0.2, 0.25) is 5.91 Å². The van der Waals surface area contributed by atoms with Crippen molar-refractivity contribution in [1.82, 2.24) is 20.1 Å². The summed E-state index contributed by atoms with van der Waals surface area (Å²) in [6, 6.07) is 21.4. The van der Waals surface area contributed by atoms with Crippen LogP contribution in [0.4, 0.5) is 5.82 Å². The third kappa shape index (κ3) is 6.28. The zero-order valence-electron chi connectivity index (χ0n) is 18.4. The third-order valence-electron chi connectivity index (χ3n) is 5.42. The smallest absolute Gasteiger partial charge is 0.234 e. The van der Waals surface area contributed by atoms with Crippen molar-refractivity contribution >= 4 is 23.3 Å². The molecule has 0 radical (unpaired) electrons. The average molecular weight is 460 g/mol. The van der Waals surface area contributed by atoms with Crippen LogP contribution in [0, 0.1) is 0 Å². The minimum absolute atomic E-state index is 0.0955. The summed E-state index contributed by atoms with van der Waals surface area (Å²) in [7, 11) is 1.87. The quantitative estimate of drug-likeness (QED) is 0.356. The minimum atomic E-state index is -0.337. The van der Waals surface area contributed by atoms with Crippen molar-refractivity contribution in [2.45, 2.75) is 12.3 Å². The van der Waals surface area contributed by atoms with Gasteiger partial charge in [0.25, 0.3) is 0 Å². The number of nitrogens with one attached hydrogen (secondary N) is 2. The van der Waals surface area contributed by atoms with E-state index in [1.807, 2.05) is 80.0 Å². The standard InChI is InChI=1S/C26H26ClN5O/c1-32-18-22(16-30-32)21-9-12-25(29-15-21)31-26(33)24(20-5-3-2-4-6-20)17-28-14-13-19-7-10-23(27)11-8-19/h2-12,15-16,18,24,28H,13-14,17H2,1H3,(H,29,31,33). The van der Waals surface area contributed by atoms with Gasteiger partial charge < -0.3 is 10.6 Å². The lowest BCUT2D eigenvalue weighted by molar-refractivity contribution is -0.117. The van der Waals surface area contributed by atoms with Gasteiger partial charge in [0.05, 0.1) is 12.1 Å². The summed E-state index contributed by atoms with van der Waals surface area (Å²) in [5.74, 6) is 0.0905. The van der Waals surface area contributed by atoms with Gasteiger partial charge in [-0.25, -0.2) is 4.98 Å². The molecule has 4 aromatic rings. The number of nitrogens with zero attached hydrogens (tertiary/aromatic N) is 3. The van der Waals surface area contributed by atoms with E-state index < -0.39 is 0 Å². The van der Waals surface area contributed by atoms with Crippen molar-refractivity contribution in [3.05, 3.63) is 101 Å². The fourth-order valence-corrected chi connectivity index (χ4v) is 3.73. The van der Waals surface area contributed by atoms with Crippen LogP contribution < -0.4 is 10.6 Å². The molecule has 0 spiro atoms. The Morgan fingerprint density at radius 3 is 2.45 bits per heavy atom. The number of hydrogen-bond acceptors (Lipinski definition) is 4. The number of anilines is 1. The molecular weight excluding hydrogens is 434 g/mol. The number of pyridine rings is 1. The Kier molecular flexibility index (Phi) is 7.50. The summed E-state index contributed by atoms with van der Waals surface area (Å²) in [4.78, 5) is 17.6. The molecule has 0 saturated heterocycles. The Labute approximate surface area is 198 Å². The molecule has 6 nitrogen and oxygen atoms in total. The van der Waals surface area contributed by atoms with E-state index in [9.17, 15) is 4.79 Å². The molecule has 0 saturated carbocycles. The molecule has 0 aliphatic heterocycles. The first-order chi connectivity index (χ1) is 16.1. The predicted molar refractivity (Wildman–Crippen MR) is 132 cm³/mol. The topological polar surface area (TPSA) is 71.8 Å². The van der Waals surface area contributed by atoms with Crippen LogP contribution in [-0.4, -0.2) is 33.8 Å². The highest BCUT2D eigenvalue weighted by Gasteiger charge is 2.20. The highest BCUT2D eigenvalue weighted by molar-refractivity contribution is 6.30. The van der Waals surface area contributed by atoms with E-state index in [2.05, 4.69) is 20.7 Å². The van der Waals surface area contributed by atoms with Crippen LogP contribution in [0.3, 0.4) is 0 Å². The molecule has 0 aliphatic carbocycles. The molecule has 0 fully saturated rings. The van der Waals surface area contributed by atoms with Crippen LogP contribution in [0.15, 0.2) is 85.3 Å².